The lowest BCUT2D eigenvalue weighted by Crippen LogP contribution is -2.31. The molecule has 0 bridgehead atoms. The first kappa shape index (κ1) is 33.2. The van der Waals surface area contributed by atoms with Gasteiger partial charge in [-0.2, -0.15) is 0 Å². The van der Waals surface area contributed by atoms with Crippen molar-refractivity contribution in [2.24, 2.45) is 0 Å². The summed E-state index contributed by atoms with van der Waals surface area (Å²) >= 11 is 7.13. The largest absolute Gasteiger partial charge is 0.457 e. The van der Waals surface area contributed by atoms with E-state index >= 15 is 0 Å². The van der Waals surface area contributed by atoms with Crippen LogP contribution >= 0.6 is 23.4 Å². The Labute approximate surface area is 290 Å². The third kappa shape index (κ3) is 8.24. The monoisotopic (exact) mass is 691 g/mol. The van der Waals surface area contributed by atoms with Gasteiger partial charge >= 0.3 is 0 Å². The fourth-order valence-corrected chi connectivity index (χ4v) is 6.21. The van der Waals surface area contributed by atoms with E-state index in [2.05, 4.69) is 10.6 Å². The van der Waals surface area contributed by atoms with Crippen LogP contribution in [0.2, 0.25) is 5.02 Å². The number of amides is 4. The van der Waals surface area contributed by atoms with Gasteiger partial charge in [0.1, 0.15) is 23.0 Å². The summed E-state index contributed by atoms with van der Waals surface area (Å²) in [5, 5.41) is 5.23. The highest BCUT2D eigenvalue weighted by Crippen LogP contribution is 2.36. The van der Waals surface area contributed by atoms with Gasteiger partial charge in [-0.05, 0) is 91.0 Å². The highest BCUT2D eigenvalue weighted by molar-refractivity contribution is 8.00. The zero-order valence-corrected chi connectivity index (χ0v) is 27.2. The molecule has 0 radical (unpaired) electrons. The van der Waals surface area contributed by atoms with E-state index < -0.39 is 22.9 Å². The van der Waals surface area contributed by atoms with Crippen molar-refractivity contribution in [3.63, 3.8) is 0 Å². The average Bonchev–Trinajstić information content (AvgIpc) is 3.38. The van der Waals surface area contributed by atoms with Crippen molar-refractivity contribution in [2.45, 2.75) is 16.6 Å². The van der Waals surface area contributed by atoms with Gasteiger partial charge in [0.25, 0.3) is 11.8 Å². The number of benzene rings is 5. The molecule has 5 aromatic rings. The van der Waals surface area contributed by atoms with E-state index in [9.17, 15) is 23.6 Å². The molecule has 0 unspecified atom stereocenters. The molecule has 1 aliphatic heterocycles. The lowest BCUT2D eigenvalue weighted by atomic mass is 10.1. The van der Waals surface area contributed by atoms with E-state index in [-0.39, 0.29) is 29.5 Å². The summed E-state index contributed by atoms with van der Waals surface area (Å²) in [5.74, 6) is -1.37. The van der Waals surface area contributed by atoms with Crippen molar-refractivity contribution in [3.05, 3.63) is 155 Å². The molecule has 4 amide bonds. The van der Waals surface area contributed by atoms with Crippen LogP contribution in [-0.2, 0) is 14.4 Å². The number of carbonyl (C=O) groups is 4. The van der Waals surface area contributed by atoms with Crippen LogP contribution in [0.15, 0.2) is 138 Å². The molecule has 5 aromatic carbocycles. The number of carbonyl (C=O) groups excluding carboxylic acids is 4. The van der Waals surface area contributed by atoms with Gasteiger partial charge in [-0.25, -0.2) is 9.29 Å². The third-order valence-corrected chi connectivity index (χ3v) is 8.78. The van der Waals surface area contributed by atoms with Gasteiger partial charge < -0.3 is 15.4 Å². The number of nitrogens with one attached hydrogen (secondary N) is 2. The molecule has 0 saturated carbocycles. The van der Waals surface area contributed by atoms with E-state index in [0.29, 0.717) is 38.4 Å². The number of imide groups is 1. The van der Waals surface area contributed by atoms with E-state index in [4.69, 9.17) is 16.3 Å². The minimum Gasteiger partial charge on any atom is -0.457 e. The zero-order chi connectivity index (χ0) is 34.3. The highest BCUT2D eigenvalue weighted by Gasteiger charge is 2.40. The van der Waals surface area contributed by atoms with Crippen LogP contribution in [0.4, 0.5) is 15.8 Å². The number of rotatable bonds is 10. The van der Waals surface area contributed by atoms with Gasteiger partial charge in [0, 0.05) is 33.2 Å². The molecule has 6 rings (SSSR count). The Morgan fingerprint density at radius 1 is 0.837 bits per heavy atom. The van der Waals surface area contributed by atoms with Gasteiger partial charge in [-0.15, -0.1) is 11.8 Å². The standard InChI is InChI=1S/C38H27ClFN3O5S/c39-26-13-17-29(18-14-26)48-30-19-15-28(16-20-30)43-35(44)23-34(38(43)47)49-31-11-6-10-27(22-31)41-37(46)33(21-25-9-4-5-12-32(25)40)42-36(45)24-7-2-1-3-8-24/h1-22,34H,23H2,(H,41,46)(H,42,45)/b33-21+/t34-/m0/s1. The second-order valence-corrected chi connectivity index (χ2v) is 12.5. The second-order valence-electron chi connectivity index (χ2n) is 10.8. The summed E-state index contributed by atoms with van der Waals surface area (Å²) < 4.78 is 20.3. The molecule has 0 aliphatic carbocycles. The lowest BCUT2D eigenvalue weighted by molar-refractivity contribution is -0.121. The molecule has 11 heteroatoms. The van der Waals surface area contributed by atoms with Crippen LogP contribution in [0.1, 0.15) is 22.3 Å². The minimum absolute atomic E-state index is 0.00977. The zero-order valence-electron chi connectivity index (χ0n) is 25.6. The first-order valence-electron chi connectivity index (χ1n) is 15.0. The van der Waals surface area contributed by atoms with Crippen LogP contribution in [0, 0.1) is 5.82 Å². The van der Waals surface area contributed by atoms with Crippen molar-refractivity contribution < 1.29 is 28.3 Å². The molecule has 49 heavy (non-hydrogen) atoms. The van der Waals surface area contributed by atoms with Crippen LogP contribution in [0.5, 0.6) is 11.5 Å². The summed E-state index contributed by atoms with van der Waals surface area (Å²) in [6.45, 7) is 0. The van der Waals surface area contributed by atoms with Crippen molar-refractivity contribution in [3.8, 4) is 11.5 Å². The predicted molar refractivity (Wildman–Crippen MR) is 188 cm³/mol. The maximum atomic E-state index is 14.5. The molecule has 1 saturated heterocycles. The van der Waals surface area contributed by atoms with Crippen LogP contribution < -0.4 is 20.3 Å². The van der Waals surface area contributed by atoms with E-state index in [0.717, 1.165) is 4.90 Å². The average molecular weight is 692 g/mol. The fourth-order valence-electron chi connectivity index (χ4n) is 4.97. The van der Waals surface area contributed by atoms with Gasteiger partial charge in [0.2, 0.25) is 11.8 Å². The Hall–Kier alpha value is -5.71. The normalized spacial score (nSPS) is 14.4. The van der Waals surface area contributed by atoms with Crippen molar-refractivity contribution in [1.82, 2.24) is 5.32 Å². The van der Waals surface area contributed by atoms with Gasteiger partial charge in [0.05, 0.1) is 10.9 Å². The Kier molecular flexibility index (Phi) is 10.2. The molecule has 0 spiro atoms. The molecule has 8 nitrogen and oxygen atoms in total. The molecule has 244 valence electrons. The summed E-state index contributed by atoms with van der Waals surface area (Å²) in [7, 11) is 0. The highest BCUT2D eigenvalue weighted by atomic mass is 35.5. The Bertz CT molecular complexity index is 2060. The summed E-state index contributed by atoms with van der Waals surface area (Å²) in [6, 6.07) is 34.5. The van der Waals surface area contributed by atoms with E-state index in [1.54, 1.807) is 109 Å². The van der Waals surface area contributed by atoms with Crippen LogP contribution in [0.25, 0.3) is 6.08 Å². The van der Waals surface area contributed by atoms with E-state index in [1.807, 2.05) is 0 Å². The summed E-state index contributed by atoms with van der Waals surface area (Å²) in [4.78, 5) is 54.5. The van der Waals surface area contributed by atoms with Gasteiger partial charge in [-0.3, -0.25) is 19.2 Å². The van der Waals surface area contributed by atoms with Crippen LogP contribution in [-0.4, -0.2) is 28.9 Å². The molecule has 1 fully saturated rings. The number of anilines is 2. The number of halogens is 2. The molecule has 0 aromatic heterocycles. The molecule has 1 heterocycles. The summed E-state index contributed by atoms with van der Waals surface area (Å²) in [6.07, 6.45) is 1.25. The SMILES string of the molecule is O=C(Nc1cccc(S[C@H]2CC(=O)N(c3ccc(Oc4ccc(Cl)cc4)cc3)C2=O)c1)/C(=C\c1ccccc1F)NC(=O)c1ccccc1. The topological polar surface area (TPSA) is 105 Å². The predicted octanol–water partition coefficient (Wildman–Crippen LogP) is 8.11. The molecular weight excluding hydrogens is 665 g/mol. The second kappa shape index (κ2) is 15.0. The third-order valence-electron chi connectivity index (χ3n) is 7.35. The minimum atomic E-state index is -0.690. The number of thioether (sulfide) groups is 1. The van der Waals surface area contributed by atoms with E-state index in [1.165, 1.54) is 36.0 Å². The molecular formula is C38H27ClFN3O5S. The smallest absolute Gasteiger partial charge is 0.272 e. The Balaban J connectivity index is 1.14. The van der Waals surface area contributed by atoms with Crippen molar-refractivity contribution >= 4 is 64.4 Å². The quantitative estimate of drug-likeness (QED) is 0.113. The number of ether oxygens (including phenoxy) is 1. The number of nitrogens with zero attached hydrogens (tertiary/aromatic N) is 1. The Morgan fingerprint density at radius 2 is 1.51 bits per heavy atom. The molecule has 2 N–H and O–H groups in total. The number of hydrogen-bond acceptors (Lipinski definition) is 6. The maximum absolute atomic E-state index is 14.5. The maximum Gasteiger partial charge on any atom is 0.272 e. The van der Waals surface area contributed by atoms with Gasteiger partial charge in [0.15, 0.2) is 0 Å². The number of hydrogen-bond donors (Lipinski definition) is 2. The van der Waals surface area contributed by atoms with Crippen LogP contribution in [0.3, 0.4) is 0 Å². The van der Waals surface area contributed by atoms with Crippen molar-refractivity contribution in [1.29, 1.82) is 0 Å². The van der Waals surface area contributed by atoms with Crippen molar-refractivity contribution in [2.75, 3.05) is 10.2 Å². The first-order chi connectivity index (χ1) is 23.7. The van der Waals surface area contributed by atoms with Gasteiger partial charge in [-0.1, -0.05) is 54.1 Å². The summed E-state index contributed by atoms with van der Waals surface area (Å²) in [5.41, 5.74) is 1.06. The first-order valence-corrected chi connectivity index (χ1v) is 16.3. The molecule has 1 atom stereocenters. The molecule has 1 aliphatic rings. The fraction of sp³-hybridized carbons (Fsp3) is 0.0526. The lowest BCUT2D eigenvalue weighted by Gasteiger charge is -2.16. The Morgan fingerprint density at radius 3 is 2.22 bits per heavy atom.